The zero-order valence-corrected chi connectivity index (χ0v) is 17.0. The summed E-state index contributed by atoms with van der Waals surface area (Å²) in [6.07, 6.45) is 6.95. The predicted octanol–water partition coefficient (Wildman–Crippen LogP) is 4.38. The van der Waals surface area contributed by atoms with Crippen LogP contribution in [-0.2, 0) is 6.54 Å². The Morgan fingerprint density at radius 1 is 1.26 bits per heavy atom. The second-order valence-electron chi connectivity index (χ2n) is 7.51. The number of hydrogen-bond donors (Lipinski definition) is 1. The summed E-state index contributed by atoms with van der Waals surface area (Å²) in [4.78, 5) is 24.6. The van der Waals surface area contributed by atoms with Crippen LogP contribution in [0.5, 0.6) is 5.75 Å². The van der Waals surface area contributed by atoms with Crippen LogP contribution in [0.3, 0.4) is 0 Å². The number of nitrogens with zero attached hydrogens (tertiary/aromatic N) is 3. The first-order valence-electron chi connectivity index (χ1n) is 9.50. The van der Waals surface area contributed by atoms with Crippen LogP contribution in [0.15, 0.2) is 41.6 Å². The zero-order chi connectivity index (χ0) is 19.4. The molecule has 6 heteroatoms. The smallest absolute Gasteiger partial charge is 0.254 e. The van der Waals surface area contributed by atoms with Gasteiger partial charge in [-0.2, -0.15) is 0 Å². The molecule has 27 heavy (non-hydrogen) atoms. The van der Waals surface area contributed by atoms with Crippen molar-refractivity contribution in [2.45, 2.75) is 63.6 Å². The molecule has 1 atom stereocenters. The molecule has 0 aliphatic heterocycles. The van der Waals surface area contributed by atoms with E-state index in [4.69, 9.17) is 4.74 Å². The average molecular weight is 386 g/mol. The van der Waals surface area contributed by atoms with Crippen molar-refractivity contribution in [2.24, 2.45) is 5.92 Å². The van der Waals surface area contributed by atoms with E-state index in [1.807, 2.05) is 43.0 Å². The van der Waals surface area contributed by atoms with Crippen LogP contribution < -0.4 is 4.74 Å². The van der Waals surface area contributed by atoms with E-state index in [-0.39, 0.29) is 18.1 Å². The fraction of sp³-hybridized carbons (Fsp3) is 0.476. The predicted molar refractivity (Wildman–Crippen MR) is 108 cm³/mol. The van der Waals surface area contributed by atoms with E-state index in [2.05, 4.69) is 29.5 Å². The van der Waals surface area contributed by atoms with Gasteiger partial charge in [0.05, 0.1) is 25.0 Å². The van der Waals surface area contributed by atoms with Gasteiger partial charge in [0.1, 0.15) is 5.82 Å². The van der Waals surface area contributed by atoms with E-state index < -0.39 is 0 Å². The number of benzene rings is 1. The van der Waals surface area contributed by atoms with E-state index in [0.717, 1.165) is 17.2 Å². The summed E-state index contributed by atoms with van der Waals surface area (Å²) >= 11 is 4.36. The molecule has 1 aromatic heterocycles. The molecule has 1 fully saturated rings. The number of carbonyl (C=O) groups is 1. The fourth-order valence-electron chi connectivity index (χ4n) is 3.11. The van der Waals surface area contributed by atoms with Crippen molar-refractivity contribution in [3.63, 3.8) is 0 Å². The van der Waals surface area contributed by atoms with Gasteiger partial charge in [-0.1, -0.05) is 18.9 Å². The Kier molecular flexibility index (Phi) is 6.37. The molecule has 5 nitrogen and oxygen atoms in total. The molecule has 0 spiro atoms. The van der Waals surface area contributed by atoms with Gasteiger partial charge in [0, 0.05) is 16.5 Å². The summed E-state index contributed by atoms with van der Waals surface area (Å²) in [6.45, 7) is 6.41. The minimum absolute atomic E-state index is 0.00911. The van der Waals surface area contributed by atoms with Crippen molar-refractivity contribution in [3.05, 3.63) is 48.0 Å². The summed E-state index contributed by atoms with van der Waals surface area (Å²) in [5.74, 6) is 1.98. The Bertz CT molecular complexity index is 775. The van der Waals surface area contributed by atoms with Crippen LogP contribution in [0, 0.1) is 5.92 Å². The number of ether oxygens (including phenoxy) is 1. The average Bonchev–Trinajstić information content (AvgIpc) is 3.44. The summed E-state index contributed by atoms with van der Waals surface area (Å²) < 4.78 is 5.60. The molecule has 1 saturated carbocycles. The van der Waals surface area contributed by atoms with Gasteiger partial charge >= 0.3 is 0 Å². The van der Waals surface area contributed by atoms with Gasteiger partial charge in [0.15, 0.2) is 5.75 Å². The van der Waals surface area contributed by atoms with Crippen molar-refractivity contribution in [3.8, 4) is 5.75 Å². The third-order valence-corrected chi connectivity index (χ3v) is 4.90. The molecule has 1 aromatic carbocycles. The highest BCUT2D eigenvalue weighted by Gasteiger charge is 2.29. The van der Waals surface area contributed by atoms with E-state index in [0.29, 0.717) is 23.7 Å². The first kappa shape index (κ1) is 19.7. The zero-order valence-electron chi connectivity index (χ0n) is 16.1. The Balaban J connectivity index is 1.77. The summed E-state index contributed by atoms with van der Waals surface area (Å²) in [7, 11) is 0. The van der Waals surface area contributed by atoms with Crippen LogP contribution in [0.25, 0.3) is 0 Å². The molecular formula is C21H27N3O2S. The third kappa shape index (κ3) is 5.70. The molecule has 0 N–H and O–H groups in total. The van der Waals surface area contributed by atoms with Gasteiger partial charge in [0.25, 0.3) is 5.91 Å². The monoisotopic (exact) mass is 385 g/mol. The van der Waals surface area contributed by atoms with Crippen molar-refractivity contribution in [1.29, 1.82) is 0 Å². The Morgan fingerprint density at radius 3 is 2.56 bits per heavy atom. The van der Waals surface area contributed by atoms with E-state index in [1.165, 1.54) is 12.8 Å². The van der Waals surface area contributed by atoms with Crippen LogP contribution in [0.1, 0.15) is 56.2 Å². The summed E-state index contributed by atoms with van der Waals surface area (Å²) in [5, 5.41) is 0. The molecule has 0 unspecified atom stereocenters. The van der Waals surface area contributed by atoms with E-state index in [9.17, 15) is 4.79 Å². The van der Waals surface area contributed by atoms with Crippen LogP contribution in [-0.4, -0.2) is 32.9 Å². The highest BCUT2D eigenvalue weighted by Crippen LogP contribution is 2.35. The summed E-state index contributed by atoms with van der Waals surface area (Å²) in [5.41, 5.74) is 0.643. The van der Waals surface area contributed by atoms with Crippen molar-refractivity contribution >= 4 is 18.5 Å². The van der Waals surface area contributed by atoms with Crippen LogP contribution >= 0.6 is 12.6 Å². The third-order valence-electron chi connectivity index (χ3n) is 4.62. The van der Waals surface area contributed by atoms with E-state index in [1.54, 1.807) is 12.4 Å². The number of carbonyl (C=O) groups excluding carboxylic acids is 1. The van der Waals surface area contributed by atoms with Crippen molar-refractivity contribution in [1.82, 2.24) is 14.9 Å². The largest absolute Gasteiger partial charge is 0.488 e. The number of thiol groups is 1. The maximum absolute atomic E-state index is 13.2. The molecule has 1 aliphatic carbocycles. The van der Waals surface area contributed by atoms with Gasteiger partial charge in [0.2, 0.25) is 0 Å². The summed E-state index contributed by atoms with van der Waals surface area (Å²) in [6, 6.07) is 7.49. The molecule has 0 saturated heterocycles. The maximum Gasteiger partial charge on any atom is 0.254 e. The normalized spacial score (nSPS) is 14.9. The minimum Gasteiger partial charge on any atom is -0.488 e. The first-order chi connectivity index (χ1) is 12.9. The van der Waals surface area contributed by atoms with Crippen molar-refractivity contribution < 1.29 is 9.53 Å². The lowest BCUT2D eigenvalue weighted by atomic mass is 10.1. The van der Waals surface area contributed by atoms with Gasteiger partial charge in [-0.15, -0.1) is 12.6 Å². The lowest BCUT2D eigenvalue weighted by molar-refractivity contribution is 0.0656. The number of rotatable bonds is 8. The molecule has 2 aromatic rings. The lowest BCUT2D eigenvalue weighted by Crippen LogP contribution is -2.39. The highest BCUT2D eigenvalue weighted by atomic mass is 32.1. The standard InChI is InChI=1S/C21H27N3O2S/c1-14(2)26-18-11-22-20(23-12-18)13-24(15(3)9-16-7-8-16)21(25)17-5-4-6-19(27)10-17/h4-6,10-12,14-16,27H,7-9,13H2,1-3H3/t15-/m0/s1. The number of aromatic nitrogens is 2. The van der Waals surface area contributed by atoms with Gasteiger partial charge in [-0.3, -0.25) is 4.79 Å². The SMILES string of the molecule is CC(C)Oc1cnc(CN(C(=O)c2cccc(S)c2)[C@@H](C)CC2CC2)nc1. The number of hydrogen-bond acceptors (Lipinski definition) is 5. The van der Waals surface area contributed by atoms with Gasteiger partial charge < -0.3 is 9.64 Å². The Hall–Kier alpha value is -2.08. The van der Waals surface area contributed by atoms with Crippen LogP contribution in [0.2, 0.25) is 0 Å². The van der Waals surface area contributed by atoms with Gasteiger partial charge in [-0.25, -0.2) is 9.97 Å². The Morgan fingerprint density at radius 2 is 1.96 bits per heavy atom. The molecular weight excluding hydrogens is 358 g/mol. The second-order valence-corrected chi connectivity index (χ2v) is 8.03. The quantitative estimate of drug-likeness (QED) is 0.685. The Labute approximate surface area is 166 Å². The molecule has 0 radical (unpaired) electrons. The maximum atomic E-state index is 13.2. The van der Waals surface area contributed by atoms with E-state index >= 15 is 0 Å². The molecule has 1 aliphatic rings. The lowest BCUT2D eigenvalue weighted by Gasteiger charge is -2.29. The van der Waals surface area contributed by atoms with Gasteiger partial charge in [-0.05, 0) is 51.3 Å². The number of amides is 1. The highest BCUT2D eigenvalue weighted by molar-refractivity contribution is 7.80. The minimum atomic E-state index is -0.00911. The molecule has 3 rings (SSSR count). The molecule has 1 heterocycles. The topological polar surface area (TPSA) is 55.3 Å². The molecule has 144 valence electrons. The second kappa shape index (κ2) is 8.74. The van der Waals surface area contributed by atoms with Crippen molar-refractivity contribution in [2.75, 3.05) is 0 Å². The molecule has 0 bridgehead atoms. The fourth-order valence-corrected chi connectivity index (χ4v) is 3.33. The molecule has 1 amide bonds. The first-order valence-corrected chi connectivity index (χ1v) is 9.94. The van der Waals surface area contributed by atoms with Crippen LogP contribution in [0.4, 0.5) is 0 Å².